The van der Waals surface area contributed by atoms with Gasteiger partial charge in [-0.3, -0.25) is 9.48 Å². The van der Waals surface area contributed by atoms with Gasteiger partial charge >= 0.3 is 0 Å². The monoisotopic (exact) mass is 210 g/mol. The van der Waals surface area contributed by atoms with Crippen molar-refractivity contribution >= 4 is 5.78 Å². The largest absolute Gasteiger partial charge is 0.370 e. The fourth-order valence-electron chi connectivity index (χ4n) is 1.36. The van der Waals surface area contributed by atoms with E-state index >= 15 is 0 Å². The zero-order valence-electron chi connectivity index (χ0n) is 9.78. The van der Waals surface area contributed by atoms with E-state index in [1.54, 1.807) is 31.1 Å². The molecule has 84 valence electrons. The van der Waals surface area contributed by atoms with Gasteiger partial charge in [-0.2, -0.15) is 5.10 Å². The molecule has 0 aliphatic heterocycles. The number of carbonyl (C=O) groups excluding carboxylic acids is 1. The first-order chi connectivity index (χ1) is 7.07. The molecule has 0 amide bonds. The molecule has 0 aliphatic rings. The smallest absolute Gasteiger partial charge is 0.197 e. The van der Waals surface area contributed by atoms with Gasteiger partial charge in [0.2, 0.25) is 0 Å². The summed E-state index contributed by atoms with van der Waals surface area (Å²) in [6, 6.07) is 0. The highest BCUT2D eigenvalue weighted by molar-refractivity contribution is 6.01. The Balaban J connectivity index is 2.93. The number of aryl methyl sites for hydroxylation is 1. The van der Waals surface area contributed by atoms with Crippen molar-refractivity contribution in [2.75, 3.05) is 7.11 Å². The molecule has 0 aromatic carbocycles. The number of ketones is 1. The molecule has 1 heterocycles. The lowest BCUT2D eigenvalue weighted by atomic mass is 9.94. The molecule has 1 aromatic rings. The van der Waals surface area contributed by atoms with Gasteiger partial charge in [-0.1, -0.05) is 6.92 Å². The summed E-state index contributed by atoms with van der Waals surface area (Å²) in [5.41, 5.74) is -0.121. The Hall–Kier alpha value is -1.16. The van der Waals surface area contributed by atoms with E-state index in [1.165, 1.54) is 0 Å². The van der Waals surface area contributed by atoms with E-state index in [4.69, 9.17) is 4.74 Å². The second-order valence-electron chi connectivity index (χ2n) is 3.70. The molecule has 0 N–H and O–H groups in total. The number of hydrogen-bond acceptors (Lipinski definition) is 3. The Labute approximate surface area is 90.2 Å². The number of hydrogen-bond donors (Lipinski definition) is 0. The number of rotatable bonds is 5. The molecule has 0 spiro atoms. The zero-order chi connectivity index (χ0) is 11.5. The van der Waals surface area contributed by atoms with Crippen molar-refractivity contribution in [1.29, 1.82) is 0 Å². The maximum Gasteiger partial charge on any atom is 0.197 e. The molecule has 1 atom stereocenters. The summed E-state index contributed by atoms with van der Waals surface area (Å²) in [6.07, 6.45) is 4.01. The molecule has 0 aliphatic carbocycles. The maximum absolute atomic E-state index is 12.1. The van der Waals surface area contributed by atoms with Crippen LogP contribution in [0.3, 0.4) is 0 Å². The molecule has 4 nitrogen and oxygen atoms in total. The number of ether oxygens (including phenoxy) is 1. The third-order valence-electron chi connectivity index (χ3n) is 2.82. The van der Waals surface area contributed by atoms with E-state index in [1.807, 2.05) is 13.8 Å². The second-order valence-corrected chi connectivity index (χ2v) is 3.70. The SMILES string of the molecule is CCn1cc(C(=O)C(C)(CC)OC)cn1. The standard InChI is InChI=1S/C11H18N2O2/c1-5-11(3,15-4)10(14)9-7-12-13(6-2)8-9/h7-8H,5-6H2,1-4H3. The van der Waals surface area contributed by atoms with Gasteiger partial charge in [0.05, 0.1) is 11.8 Å². The normalized spacial score (nSPS) is 14.9. The number of aromatic nitrogens is 2. The molecule has 1 rings (SSSR count). The Morgan fingerprint density at radius 2 is 2.27 bits per heavy atom. The highest BCUT2D eigenvalue weighted by atomic mass is 16.5. The van der Waals surface area contributed by atoms with Crippen LogP contribution in [0.25, 0.3) is 0 Å². The maximum atomic E-state index is 12.1. The highest BCUT2D eigenvalue weighted by Gasteiger charge is 2.32. The topological polar surface area (TPSA) is 44.1 Å². The third-order valence-corrected chi connectivity index (χ3v) is 2.82. The highest BCUT2D eigenvalue weighted by Crippen LogP contribution is 2.20. The van der Waals surface area contributed by atoms with E-state index in [0.29, 0.717) is 12.0 Å². The van der Waals surface area contributed by atoms with Crippen LogP contribution < -0.4 is 0 Å². The summed E-state index contributed by atoms with van der Waals surface area (Å²) in [5, 5.41) is 4.08. The van der Waals surface area contributed by atoms with E-state index < -0.39 is 5.60 Å². The van der Waals surface area contributed by atoms with Crippen molar-refractivity contribution in [2.24, 2.45) is 0 Å². The van der Waals surface area contributed by atoms with Crippen molar-refractivity contribution in [2.45, 2.75) is 39.3 Å². The van der Waals surface area contributed by atoms with Crippen LogP contribution in [-0.2, 0) is 11.3 Å². The molecule has 0 saturated heterocycles. The van der Waals surface area contributed by atoms with Crippen molar-refractivity contribution in [3.63, 3.8) is 0 Å². The fraction of sp³-hybridized carbons (Fsp3) is 0.636. The van der Waals surface area contributed by atoms with Crippen LogP contribution in [0.5, 0.6) is 0 Å². The Kier molecular flexibility index (Phi) is 3.63. The Morgan fingerprint density at radius 1 is 1.60 bits per heavy atom. The van der Waals surface area contributed by atoms with Crippen molar-refractivity contribution in [3.8, 4) is 0 Å². The zero-order valence-corrected chi connectivity index (χ0v) is 9.78. The molecule has 1 aromatic heterocycles. The summed E-state index contributed by atoms with van der Waals surface area (Å²) in [4.78, 5) is 12.1. The number of Topliss-reactive ketones (excluding diaryl/α,β-unsaturated/α-hetero) is 1. The number of carbonyl (C=O) groups is 1. The van der Waals surface area contributed by atoms with Gasteiger partial charge in [0, 0.05) is 19.9 Å². The summed E-state index contributed by atoms with van der Waals surface area (Å²) < 4.78 is 6.99. The van der Waals surface area contributed by atoms with Crippen molar-refractivity contribution in [1.82, 2.24) is 9.78 Å². The van der Waals surface area contributed by atoms with Gasteiger partial charge < -0.3 is 4.74 Å². The van der Waals surface area contributed by atoms with E-state index in [-0.39, 0.29) is 5.78 Å². The van der Waals surface area contributed by atoms with Crippen LogP contribution in [0, 0.1) is 0 Å². The van der Waals surface area contributed by atoms with Crippen molar-refractivity contribution in [3.05, 3.63) is 18.0 Å². The molecule has 0 bridgehead atoms. The van der Waals surface area contributed by atoms with E-state index in [9.17, 15) is 4.79 Å². The molecule has 1 unspecified atom stereocenters. The van der Waals surface area contributed by atoms with Crippen LogP contribution >= 0.6 is 0 Å². The minimum atomic E-state index is -0.735. The fourth-order valence-corrected chi connectivity index (χ4v) is 1.36. The van der Waals surface area contributed by atoms with E-state index in [0.717, 1.165) is 6.54 Å². The van der Waals surface area contributed by atoms with Crippen molar-refractivity contribution < 1.29 is 9.53 Å². The lowest BCUT2D eigenvalue weighted by Gasteiger charge is -2.23. The third kappa shape index (κ3) is 2.26. The van der Waals surface area contributed by atoms with Gasteiger partial charge in [0.1, 0.15) is 5.60 Å². The predicted octanol–water partition coefficient (Wildman–Crippen LogP) is 1.90. The van der Waals surface area contributed by atoms with Crippen LogP contribution in [0.2, 0.25) is 0 Å². The van der Waals surface area contributed by atoms with Gasteiger partial charge in [-0.15, -0.1) is 0 Å². The van der Waals surface area contributed by atoms with Gasteiger partial charge in [0.15, 0.2) is 5.78 Å². The van der Waals surface area contributed by atoms with Gasteiger partial charge in [-0.25, -0.2) is 0 Å². The lowest BCUT2D eigenvalue weighted by molar-refractivity contribution is 0.0106. The molecule has 0 fully saturated rings. The molecule has 0 radical (unpaired) electrons. The molecular formula is C11H18N2O2. The summed E-state index contributed by atoms with van der Waals surface area (Å²) in [5.74, 6) is -0.00722. The van der Waals surface area contributed by atoms with Gasteiger partial charge in [-0.05, 0) is 20.3 Å². The van der Waals surface area contributed by atoms with Gasteiger partial charge in [0.25, 0.3) is 0 Å². The lowest BCUT2D eigenvalue weighted by Crippen LogP contribution is -2.36. The average Bonchev–Trinajstić information content (AvgIpc) is 2.75. The number of methoxy groups -OCH3 is 1. The quantitative estimate of drug-likeness (QED) is 0.697. The predicted molar refractivity (Wildman–Crippen MR) is 57.9 cm³/mol. The average molecular weight is 210 g/mol. The summed E-state index contributed by atoms with van der Waals surface area (Å²) >= 11 is 0. The molecular weight excluding hydrogens is 192 g/mol. The molecule has 4 heteroatoms. The second kappa shape index (κ2) is 4.57. The first kappa shape index (κ1) is 11.9. The molecule has 15 heavy (non-hydrogen) atoms. The number of nitrogens with zero attached hydrogens (tertiary/aromatic N) is 2. The summed E-state index contributed by atoms with van der Waals surface area (Å²) in [6.45, 7) is 6.49. The minimum Gasteiger partial charge on any atom is -0.370 e. The van der Waals surface area contributed by atoms with Crippen LogP contribution in [-0.4, -0.2) is 28.3 Å². The first-order valence-corrected chi connectivity index (χ1v) is 5.19. The Bertz CT molecular complexity index is 340. The van der Waals surface area contributed by atoms with Crippen LogP contribution in [0.15, 0.2) is 12.4 Å². The summed E-state index contributed by atoms with van der Waals surface area (Å²) in [7, 11) is 1.56. The Morgan fingerprint density at radius 3 is 2.67 bits per heavy atom. The van der Waals surface area contributed by atoms with E-state index in [2.05, 4.69) is 5.10 Å². The van der Waals surface area contributed by atoms with Crippen LogP contribution in [0.4, 0.5) is 0 Å². The minimum absolute atomic E-state index is 0.00722. The first-order valence-electron chi connectivity index (χ1n) is 5.19. The van der Waals surface area contributed by atoms with Crippen LogP contribution in [0.1, 0.15) is 37.6 Å². The molecule has 0 saturated carbocycles.